The van der Waals surface area contributed by atoms with E-state index in [2.05, 4.69) is 24.5 Å². The topological polar surface area (TPSA) is 41.1 Å². The molecule has 1 saturated heterocycles. The highest BCUT2D eigenvalue weighted by Crippen LogP contribution is 2.14. The standard InChI is InChI=1S/C13H26N2O/c1-3-4-5-8-13(16)15-11(2)12-7-6-9-14-10-12/h11-12,14H,3-10H2,1-2H3,(H,15,16). The number of carbonyl (C=O) groups is 1. The second-order valence-corrected chi connectivity index (χ2v) is 4.92. The molecule has 0 radical (unpaired) electrons. The zero-order chi connectivity index (χ0) is 11.8. The van der Waals surface area contributed by atoms with Gasteiger partial charge in [0, 0.05) is 12.5 Å². The molecule has 0 bridgehead atoms. The summed E-state index contributed by atoms with van der Waals surface area (Å²) < 4.78 is 0. The minimum atomic E-state index is 0.228. The van der Waals surface area contributed by atoms with E-state index in [0.717, 1.165) is 25.9 Å². The SMILES string of the molecule is CCCCCC(=O)NC(C)C1CCCNC1. The highest BCUT2D eigenvalue weighted by atomic mass is 16.1. The van der Waals surface area contributed by atoms with Crippen molar-refractivity contribution < 1.29 is 4.79 Å². The highest BCUT2D eigenvalue weighted by molar-refractivity contribution is 5.76. The summed E-state index contributed by atoms with van der Waals surface area (Å²) in [5, 5.41) is 6.52. The van der Waals surface area contributed by atoms with Crippen molar-refractivity contribution in [1.82, 2.24) is 10.6 Å². The Bertz CT molecular complexity index is 200. The van der Waals surface area contributed by atoms with Gasteiger partial charge in [-0.25, -0.2) is 0 Å². The average molecular weight is 226 g/mol. The van der Waals surface area contributed by atoms with E-state index in [1.54, 1.807) is 0 Å². The van der Waals surface area contributed by atoms with Crippen LogP contribution in [-0.2, 0) is 4.79 Å². The van der Waals surface area contributed by atoms with Crippen LogP contribution in [0.3, 0.4) is 0 Å². The molecule has 0 spiro atoms. The molecule has 0 saturated carbocycles. The normalized spacial score (nSPS) is 22.8. The monoisotopic (exact) mass is 226 g/mol. The number of hydrogen-bond acceptors (Lipinski definition) is 2. The van der Waals surface area contributed by atoms with E-state index >= 15 is 0 Å². The zero-order valence-electron chi connectivity index (χ0n) is 10.7. The summed E-state index contributed by atoms with van der Waals surface area (Å²) in [5.74, 6) is 0.843. The number of rotatable bonds is 6. The number of nitrogens with one attached hydrogen (secondary N) is 2. The van der Waals surface area contributed by atoms with Gasteiger partial charge in [0.05, 0.1) is 0 Å². The first-order valence-electron chi connectivity index (χ1n) is 6.74. The molecular weight excluding hydrogens is 200 g/mol. The van der Waals surface area contributed by atoms with Gasteiger partial charge in [0.2, 0.25) is 5.91 Å². The van der Waals surface area contributed by atoms with Crippen LogP contribution in [-0.4, -0.2) is 25.0 Å². The number of hydrogen-bond donors (Lipinski definition) is 2. The lowest BCUT2D eigenvalue weighted by atomic mass is 9.92. The molecule has 0 aromatic rings. The number of carbonyl (C=O) groups excluding carboxylic acids is 1. The van der Waals surface area contributed by atoms with Crippen LogP contribution in [0.2, 0.25) is 0 Å². The molecule has 3 heteroatoms. The van der Waals surface area contributed by atoms with Crippen molar-refractivity contribution in [2.24, 2.45) is 5.92 Å². The van der Waals surface area contributed by atoms with Crippen LogP contribution >= 0.6 is 0 Å². The summed E-state index contributed by atoms with van der Waals surface area (Å²) in [5.41, 5.74) is 0. The fourth-order valence-corrected chi connectivity index (χ4v) is 2.29. The third-order valence-corrected chi connectivity index (χ3v) is 3.44. The van der Waals surface area contributed by atoms with Crippen LogP contribution in [0.4, 0.5) is 0 Å². The van der Waals surface area contributed by atoms with Crippen LogP contribution in [0.15, 0.2) is 0 Å². The maximum Gasteiger partial charge on any atom is 0.220 e. The Labute approximate surface area is 99.4 Å². The molecule has 1 heterocycles. The van der Waals surface area contributed by atoms with E-state index in [0.29, 0.717) is 18.4 Å². The van der Waals surface area contributed by atoms with Gasteiger partial charge in [0.15, 0.2) is 0 Å². The molecular formula is C13H26N2O. The predicted molar refractivity (Wildman–Crippen MR) is 67.3 cm³/mol. The molecule has 3 nitrogen and oxygen atoms in total. The smallest absolute Gasteiger partial charge is 0.220 e. The summed E-state index contributed by atoms with van der Waals surface area (Å²) in [4.78, 5) is 11.6. The molecule has 2 N–H and O–H groups in total. The van der Waals surface area contributed by atoms with Crippen LogP contribution in [0.5, 0.6) is 0 Å². The van der Waals surface area contributed by atoms with Crippen molar-refractivity contribution in [2.75, 3.05) is 13.1 Å². The molecule has 1 amide bonds. The van der Waals surface area contributed by atoms with Crippen LogP contribution in [0, 0.1) is 5.92 Å². The first kappa shape index (κ1) is 13.5. The van der Waals surface area contributed by atoms with Gasteiger partial charge in [0.1, 0.15) is 0 Å². The molecule has 0 aromatic heterocycles. The van der Waals surface area contributed by atoms with Gasteiger partial charge in [0.25, 0.3) is 0 Å². The molecule has 0 aromatic carbocycles. The summed E-state index contributed by atoms with van der Waals surface area (Å²) in [7, 11) is 0. The molecule has 1 aliphatic heterocycles. The van der Waals surface area contributed by atoms with Gasteiger partial charge < -0.3 is 10.6 Å². The molecule has 2 unspecified atom stereocenters. The molecule has 1 rings (SSSR count). The number of amides is 1. The summed E-state index contributed by atoms with van der Waals surface area (Å²) in [6, 6.07) is 0.321. The molecule has 0 aliphatic carbocycles. The minimum absolute atomic E-state index is 0.228. The van der Waals surface area contributed by atoms with Crippen LogP contribution in [0.25, 0.3) is 0 Å². The Morgan fingerprint density at radius 3 is 2.94 bits per heavy atom. The first-order valence-corrected chi connectivity index (χ1v) is 6.74. The lowest BCUT2D eigenvalue weighted by molar-refractivity contribution is -0.122. The Balaban J connectivity index is 2.16. The molecule has 94 valence electrons. The van der Waals surface area contributed by atoms with Crippen LogP contribution < -0.4 is 10.6 Å². The van der Waals surface area contributed by atoms with Crippen molar-refractivity contribution in [3.05, 3.63) is 0 Å². The van der Waals surface area contributed by atoms with E-state index in [1.807, 2.05) is 0 Å². The van der Waals surface area contributed by atoms with E-state index in [9.17, 15) is 4.79 Å². The zero-order valence-corrected chi connectivity index (χ0v) is 10.7. The van der Waals surface area contributed by atoms with Gasteiger partial charge in [-0.2, -0.15) is 0 Å². The lowest BCUT2D eigenvalue weighted by Crippen LogP contribution is -2.44. The fourth-order valence-electron chi connectivity index (χ4n) is 2.29. The molecule has 16 heavy (non-hydrogen) atoms. The Hall–Kier alpha value is -0.570. The van der Waals surface area contributed by atoms with E-state index in [-0.39, 0.29) is 5.91 Å². The highest BCUT2D eigenvalue weighted by Gasteiger charge is 2.20. The Morgan fingerprint density at radius 1 is 1.50 bits per heavy atom. The van der Waals surface area contributed by atoms with Gasteiger partial charge in [-0.15, -0.1) is 0 Å². The fraction of sp³-hybridized carbons (Fsp3) is 0.923. The van der Waals surface area contributed by atoms with Crippen molar-refractivity contribution in [1.29, 1.82) is 0 Å². The third-order valence-electron chi connectivity index (χ3n) is 3.44. The van der Waals surface area contributed by atoms with E-state index in [4.69, 9.17) is 0 Å². The summed E-state index contributed by atoms with van der Waals surface area (Å²) in [6.07, 6.45) is 6.53. The van der Waals surface area contributed by atoms with E-state index < -0.39 is 0 Å². The Kier molecular flexibility index (Phi) is 6.46. The van der Waals surface area contributed by atoms with Crippen molar-refractivity contribution in [3.63, 3.8) is 0 Å². The minimum Gasteiger partial charge on any atom is -0.353 e. The summed E-state index contributed by atoms with van der Waals surface area (Å²) >= 11 is 0. The molecule has 1 fully saturated rings. The quantitative estimate of drug-likeness (QED) is 0.681. The summed E-state index contributed by atoms with van der Waals surface area (Å²) in [6.45, 7) is 6.48. The number of unbranched alkanes of at least 4 members (excludes halogenated alkanes) is 2. The lowest BCUT2D eigenvalue weighted by Gasteiger charge is -2.28. The largest absolute Gasteiger partial charge is 0.353 e. The second-order valence-electron chi connectivity index (χ2n) is 4.92. The number of piperidine rings is 1. The van der Waals surface area contributed by atoms with Gasteiger partial charge in [-0.1, -0.05) is 19.8 Å². The molecule has 2 atom stereocenters. The van der Waals surface area contributed by atoms with Crippen molar-refractivity contribution in [2.45, 2.75) is 58.4 Å². The van der Waals surface area contributed by atoms with Crippen LogP contribution in [0.1, 0.15) is 52.4 Å². The van der Waals surface area contributed by atoms with Crippen molar-refractivity contribution >= 4 is 5.91 Å². The average Bonchev–Trinajstić information content (AvgIpc) is 2.30. The maximum atomic E-state index is 11.6. The van der Waals surface area contributed by atoms with Gasteiger partial charge in [-0.05, 0) is 45.2 Å². The van der Waals surface area contributed by atoms with Gasteiger partial charge >= 0.3 is 0 Å². The third kappa shape index (κ3) is 4.97. The van der Waals surface area contributed by atoms with E-state index in [1.165, 1.54) is 19.3 Å². The second kappa shape index (κ2) is 7.66. The predicted octanol–water partition coefficient (Wildman–Crippen LogP) is 2.07. The van der Waals surface area contributed by atoms with Gasteiger partial charge in [-0.3, -0.25) is 4.79 Å². The Morgan fingerprint density at radius 2 is 2.31 bits per heavy atom. The van der Waals surface area contributed by atoms with Crippen molar-refractivity contribution in [3.8, 4) is 0 Å². The first-order chi connectivity index (χ1) is 7.74. The molecule has 1 aliphatic rings. The maximum absolute atomic E-state index is 11.6.